The third-order valence-electron chi connectivity index (χ3n) is 2.53. The zero-order valence-electron chi connectivity index (χ0n) is 8.05. The standard InChI is InChI=1S/C13H9NO/c1-2-6-12-10(4-1)5-3-7-13(12)11-8-14-15-9-11/h1-9H. The van der Waals surface area contributed by atoms with Crippen LogP contribution in [0.15, 0.2) is 59.4 Å². The van der Waals surface area contributed by atoms with Gasteiger partial charge in [0.2, 0.25) is 0 Å². The zero-order chi connectivity index (χ0) is 10.1. The molecule has 0 atom stereocenters. The van der Waals surface area contributed by atoms with E-state index in [-0.39, 0.29) is 0 Å². The van der Waals surface area contributed by atoms with Gasteiger partial charge < -0.3 is 4.52 Å². The Morgan fingerprint density at radius 1 is 0.933 bits per heavy atom. The molecule has 0 N–H and O–H groups in total. The Labute approximate surface area is 87.1 Å². The number of benzene rings is 2. The Hall–Kier alpha value is -2.09. The second-order valence-corrected chi connectivity index (χ2v) is 3.44. The quantitative estimate of drug-likeness (QED) is 0.594. The number of hydrogen-bond donors (Lipinski definition) is 0. The van der Waals surface area contributed by atoms with Gasteiger partial charge in [0.25, 0.3) is 0 Å². The molecule has 0 spiro atoms. The van der Waals surface area contributed by atoms with Gasteiger partial charge in [-0.15, -0.1) is 0 Å². The summed E-state index contributed by atoms with van der Waals surface area (Å²) in [6.07, 6.45) is 3.41. The van der Waals surface area contributed by atoms with Gasteiger partial charge in [-0.1, -0.05) is 47.6 Å². The van der Waals surface area contributed by atoms with Gasteiger partial charge in [-0.05, 0) is 16.3 Å². The maximum Gasteiger partial charge on any atom is 0.131 e. The molecule has 2 aromatic carbocycles. The van der Waals surface area contributed by atoms with E-state index in [1.807, 2.05) is 18.2 Å². The highest BCUT2D eigenvalue weighted by Crippen LogP contribution is 2.27. The smallest absolute Gasteiger partial charge is 0.131 e. The largest absolute Gasteiger partial charge is 0.364 e. The van der Waals surface area contributed by atoms with Crippen molar-refractivity contribution in [2.75, 3.05) is 0 Å². The number of fused-ring (bicyclic) bond motifs is 1. The van der Waals surface area contributed by atoms with Crippen molar-refractivity contribution in [1.82, 2.24) is 5.16 Å². The summed E-state index contributed by atoms with van der Waals surface area (Å²) in [4.78, 5) is 0. The van der Waals surface area contributed by atoms with E-state index in [0.717, 1.165) is 11.1 Å². The summed E-state index contributed by atoms with van der Waals surface area (Å²) in [5.74, 6) is 0. The minimum Gasteiger partial charge on any atom is -0.364 e. The van der Waals surface area contributed by atoms with Crippen molar-refractivity contribution in [1.29, 1.82) is 0 Å². The van der Waals surface area contributed by atoms with Crippen molar-refractivity contribution >= 4 is 10.8 Å². The molecule has 1 aromatic heterocycles. The van der Waals surface area contributed by atoms with Crippen molar-refractivity contribution in [3.05, 3.63) is 54.9 Å². The number of hydrogen-bond acceptors (Lipinski definition) is 2. The van der Waals surface area contributed by atoms with Crippen LogP contribution in [0, 0.1) is 0 Å². The Kier molecular flexibility index (Phi) is 1.78. The van der Waals surface area contributed by atoms with E-state index in [2.05, 4.69) is 29.4 Å². The van der Waals surface area contributed by atoms with Crippen LogP contribution in [-0.4, -0.2) is 5.16 Å². The molecular weight excluding hydrogens is 186 g/mol. The summed E-state index contributed by atoms with van der Waals surface area (Å²) in [6, 6.07) is 14.5. The molecule has 0 aliphatic rings. The summed E-state index contributed by atoms with van der Waals surface area (Å²) in [5.41, 5.74) is 2.18. The van der Waals surface area contributed by atoms with E-state index in [1.165, 1.54) is 10.8 Å². The maximum absolute atomic E-state index is 4.87. The van der Waals surface area contributed by atoms with E-state index in [0.29, 0.717) is 0 Å². The van der Waals surface area contributed by atoms with Crippen molar-refractivity contribution in [2.45, 2.75) is 0 Å². The van der Waals surface area contributed by atoms with Crippen LogP contribution in [-0.2, 0) is 0 Å². The molecule has 0 unspecified atom stereocenters. The van der Waals surface area contributed by atoms with Gasteiger partial charge in [0.1, 0.15) is 6.26 Å². The molecule has 0 saturated carbocycles. The van der Waals surface area contributed by atoms with Crippen LogP contribution in [0.25, 0.3) is 21.9 Å². The summed E-state index contributed by atoms with van der Waals surface area (Å²) in [5, 5.41) is 6.19. The monoisotopic (exact) mass is 195 g/mol. The lowest BCUT2D eigenvalue weighted by Gasteiger charge is -2.02. The van der Waals surface area contributed by atoms with E-state index < -0.39 is 0 Å². The molecule has 2 nitrogen and oxygen atoms in total. The molecule has 0 aliphatic carbocycles. The summed E-state index contributed by atoms with van der Waals surface area (Å²) in [6.45, 7) is 0. The van der Waals surface area contributed by atoms with Gasteiger partial charge in [-0.2, -0.15) is 0 Å². The molecule has 0 bridgehead atoms. The van der Waals surface area contributed by atoms with Crippen LogP contribution < -0.4 is 0 Å². The Balaban J connectivity index is 2.36. The van der Waals surface area contributed by atoms with Crippen molar-refractivity contribution in [3.63, 3.8) is 0 Å². The first-order chi connectivity index (χ1) is 7.45. The van der Waals surface area contributed by atoms with E-state index >= 15 is 0 Å². The molecular formula is C13H9NO. The molecule has 15 heavy (non-hydrogen) atoms. The predicted molar refractivity (Wildman–Crippen MR) is 59.4 cm³/mol. The van der Waals surface area contributed by atoms with E-state index in [9.17, 15) is 0 Å². The first-order valence-corrected chi connectivity index (χ1v) is 4.83. The molecule has 0 radical (unpaired) electrons. The van der Waals surface area contributed by atoms with E-state index in [1.54, 1.807) is 12.5 Å². The van der Waals surface area contributed by atoms with Crippen LogP contribution >= 0.6 is 0 Å². The van der Waals surface area contributed by atoms with Crippen LogP contribution in [0.1, 0.15) is 0 Å². The fraction of sp³-hybridized carbons (Fsp3) is 0. The lowest BCUT2D eigenvalue weighted by molar-refractivity contribution is 0.420. The third-order valence-corrected chi connectivity index (χ3v) is 2.53. The van der Waals surface area contributed by atoms with Gasteiger partial charge in [0.05, 0.1) is 6.20 Å². The average molecular weight is 195 g/mol. The van der Waals surface area contributed by atoms with Crippen LogP contribution in [0.3, 0.4) is 0 Å². The minimum absolute atomic E-state index is 1.02. The molecule has 3 rings (SSSR count). The Morgan fingerprint density at radius 2 is 1.80 bits per heavy atom. The normalized spacial score (nSPS) is 10.7. The second kappa shape index (κ2) is 3.24. The second-order valence-electron chi connectivity index (χ2n) is 3.44. The maximum atomic E-state index is 4.87. The van der Waals surface area contributed by atoms with Crippen LogP contribution in [0.2, 0.25) is 0 Å². The molecule has 0 amide bonds. The molecule has 72 valence electrons. The Bertz CT molecular complexity index is 579. The molecule has 2 heteroatoms. The van der Waals surface area contributed by atoms with Crippen molar-refractivity contribution in [2.24, 2.45) is 0 Å². The van der Waals surface area contributed by atoms with Crippen molar-refractivity contribution in [3.8, 4) is 11.1 Å². The molecule has 0 aliphatic heterocycles. The minimum atomic E-state index is 1.02. The van der Waals surface area contributed by atoms with Gasteiger partial charge in [-0.25, -0.2) is 0 Å². The van der Waals surface area contributed by atoms with Crippen molar-refractivity contribution < 1.29 is 4.52 Å². The first-order valence-electron chi connectivity index (χ1n) is 4.83. The number of aromatic nitrogens is 1. The highest BCUT2D eigenvalue weighted by atomic mass is 16.5. The van der Waals surface area contributed by atoms with E-state index in [4.69, 9.17) is 4.52 Å². The van der Waals surface area contributed by atoms with Gasteiger partial charge in [0.15, 0.2) is 0 Å². The fourth-order valence-electron chi connectivity index (χ4n) is 1.82. The lowest BCUT2D eigenvalue weighted by Crippen LogP contribution is -1.77. The number of nitrogens with zero attached hydrogens (tertiary/aromatic N) is 1. The third kappa shape index (κ3) is 1.31. The van der Waals surface area contributed by atoms with Gasteiger partial charge in [-0.3, -0.25) is 0 Å². The molecule has 0 fully saturated rings. The summed E-state index contributed by atoms with van der Waals surface area (Å²) < 4.78 is 4.87. The summed E-state index contributed by atoms with van der Waals surface area (Å²) in [7, 11) is 0. The van der Waals surface area contributed by atoms with Crippen LogP contribution in [0.5, 0.6) is 0 Å². The predicted octanol–water partition coefficient (Wildman–Crippen LogP) is 3.49. The highest BCUT2D eigenvalue weighted by molar-refractivity contribution is 5.96. The average Bonchev–Trinajstić information content (AvgIpc) is 2.82. The zero-order valence-corrected chi connectivity index (χ0v) is 8.05. The highest BCUT2D eigenvalue weighted by Gasteiger charge is 2.04. The molecule has 1 heterocycles. The topological polar surface area (TPSA) is 26.0 Å². The lowest BCUT2D eigenvalue weighted by atomic mass is 10.0. The summed E-state index contributed by atoms with van der Waals surface area (Å²) >= 11 is 0. The first kappa shape index (κ1) is 8.24. The SMILES string of the molecule is c1ccc2c(-c3cnoc3)cccc2c1. The number of rotatable bonds is 1. The molecule has 0 saturated heterocycles. The van der Waals surface area contributed by atoms with Gasteiger partial charge >= 0.3 is 0 Å². The fourth-order valence-corrected chi connectivity index (χ4v) is 1.82. The Morgan fingerprint density at radius 3 is 2.67 bits per heavy atom. The van der Waals surface area contributed by atoms with Gasteiger partial charge in [0, 0.05) is 5.56 Å². The van der Waals surface area contributed by atoms with Crippen LogP contribution in [0.4, 0.5) is 0 Å². The molecule has 3 aromatic rings.